The van der Waals surface area contributed by atoms with Gasteiger partial charge in [0.2, 0.25) is 5.91 Å². The van der Waals surface area contributed by atoms with E-state index in [-0.39, 0.29) is 11.8 Å². The number of carbonyl (C=O) groups is 2. The Morgan fingerprint density at radius 1 is 0.941 bits per heavy atom. The standard InChI is InChI=1S/C13H21NO3/c15-12(10-6-3-4-7-10)14-9-5-1-2-8-11(14)13(16)17/h10-11H,1-9H2,(H,16,17). The number of likely N-dealkylation sites (tertiary alicyclic amines) is 1. The number of carboxylic acids is 1. The summed E-state index contributed by atoms with van der Waals surface area (Å²) in [7, 11) is 0. The summed E-state index contributed by atoms with van der Waals surface area (Å²) in [6.07, 6.45) is 7.65. The van der Waals surface area contributed by atoms with Crippen LogP contribution in [0.3, 0.4) is 0 Å². The van der Waals surface area contributed by atoms with Crippen molar-refractivity contribution in [3.05, 3.63) is 0 Å². The van der Waals surface area contributed by atoms with Crippen molar-refractivity contribution in [2.24, 2.45) is 5.92 Å². The summed E-state index contributed by atoms with van der Waals surface area (Å²) < 4.78 is 0. The minimum atomic E-state index is -0.835. The Bertz CT molecular complexity index is 297. The second kappa shape index (κ2) is 5.52. The van der Waals surface area contributed by atoms with Gasteiger partial charge in [-0.3, -0.25) is 4.79 Å². The van der Waals surface area contributed by atoms with Crippen molar-refractivity contribution in [1.82, 2.24) is 4.90 Å². The molecule has 1 N–H and O–H groups in total. The summed E-state index contributed by atoms with van der Waals surface area (Å²) in [5, 5.41) is 9.23. The van der Waals surface area contributed by atoms with Crippen LogP contribution in [0.15, 0.2) is 0 Å². The Morgan fingerprint density at radius 2 is 1.59 bits per heavy atom. The summed E-state index contributed by atoms with van der Waals surface area (Å²) in [4.78, 5) is 25.2. The Morgan fingerprint density at radius 3 is 2.24 bits per heavy atom. The first-order valence-electron chi connectivity index (χ1n) is 6.73. The highest BCUT2D eigenvalue weighted by atomic mass is 16.4. The first kappa shape index (κ1) is 12.4. The normalized spacial score (nSPS) is 26.8. The van der Waals surface area contributed by atoms with Crippen molar-refractivity contribution >= 4 is 11.9 Å². The smallest absolute Gasteiger partial charge is 0.326 e. The van der Waals surface area contributed by atoms with Crippen LogP contribution in [0.5, 0.6) is 0 Å². The molecule has 2 fully saturated rings. The lowest BCUT2D eigenvalue weighted by Gasteiger charge is -2.29. The fourth-order valence-electron chi connectivity index (χ4n) is 3.04. The van der Waals surface area contributed by atoms with Gasteiger partial charge in [-0.1, -0.05) is 25.7 Å². The van der Waals surface area contributed by atoms with Gasteiger partial charge in [-0.25, -0.2) is 4.79 Å². The average Bonchev–Trinajstić information content (AvgIpc) is 2.71. The fourth-order valence-corrected chi connectivity index (χ4v) is 3.04. The van der Waals surface area contributed by atoms with E-state index in [2.05, 4.69) is 0 Å². The molecule has 0 bridgehead atoms. The molecule has 1 aliphatic carbocycles. The third-order valence-electron chi connectivity index (χ3n) is 4.03. The average molecular weight is 239 g/mol. The molecule has 17 heavy (non-hydrogen) atoms. The zero-order chi connectivity index (χ0) is 12.3. The van der Waals surface area contributed by atoms with E-state index in [0.29, 0.717) is 13.0 Å². The number of carboxylic acid groups (broad SMARTS) is 1. The SMILES string of the molecule is O=C(O)C1CCCCCN1C(=O)C1CCCC1. The van der Waals surface area contributed by atoms with Crippen molar-refractivity contribution in [1.29, 1.82) is 0 Å². The Kier molecular flexibility index (Phi) is 4.02. The summed E-state index contributed by atoms with van der Waals surface area (Å²) in [6.45, 7) is 0.631. The van der Waals surface area contributed by atoms with Crippen LogP contribution >= 0.6 is 0 Å². The van der Waals surface area contributed by atoms with Crippen LogP contribution in [0.1, 0.15) is 51.4 Å². The van der Waals surface area contributed by atoms with E-state index >= 15 is 0 Å². The fraction of sp³-hybridized carbons (Fsp3) is 0.846. The minimum Gasteiger partial charge on any atom is -0.480 e. The number of amides is 1. The molecule has 4 nitrogen and oxygen atoms in total. The molecule has 1 atom stereocenters. The van der Waals surface area contributed by atoms with Crippen molar-refractivity contribution in [2.75, 3.05) is 6.54 Å². The first-order valence-corrected chi connectivity index (χ1v) is 6.73. The molecule has 1 heterocycles. The Hall–Kier alpha value is -1.06. The Balaban J connectivity index is 2.08. The second-order valence-electron chi connectivity index (χ2n) is 5.22. The van der Waals surface area contributed by atoms with Gasteiger partial charge in [0, 0.05) is 12.5 Å². The van der Waals surface area contributed by atoms with Crippen LogP contribution in [-0.2, 0) is 9.59 Å². The van der Waals surface area contributed by atoms with Crippen molar-refractivity contribution < 1.29 is 14.7 Å². The van der Waals surface area contributed by atoms with Gasteiger partial charge < -0.3 is 10.0 Å². The molecular formula is C13H21NO3. The third-order valence-corrected chi connectivity index (χ3v) is 4.03. The number of hydrogen-bond donors (Lipinski definition) is 1. The summed E-state index contributed by atoms with van der Waals surface area (Å²) in [5.41, 5.74) is 0. The van der Waals surface area contributed by atoms with Gasteiger partial charge in [0.1, 0.15) is 6.04 Å². The van der Waals surface area contributed by atoms with Gasteiger partial charge in [-0.05, 0) is 25.7 Å². The largest absolute Gasteiger partial charge is 0.480 e. The number of carbonyl (C=O) groups excluding carboxylic acids is 1. The highest BCUT2D eigenvalue weighted by molar-refractivity contribution is 5.85. The number of nitrogens with zero attached hydrogens (tertiary/aromatic N) is 1. The molecule has 4 heteroatoms. The highest BCUT2D eigenvalue weighted by Gasteiger charge is 2.35. The lowest BCUT2D eigenvalue weighted by Crippen LogP contribution is -2.46. The molecule has 1 saturated heterocycles. The number of hydrogen-bond acceptors (Lipinski definition) is 2. The minimum absolute atomic E-state index is 0.0925. The molecule has 1 saturated carbocycles. The molecule has 1 amide bonds. The molecule has 0 aromatic carbocycles. The molecule has 96 valence electrons. The van der Waals surface area contributed by atoms with Gasteiger partial charge in [0.25, 0.3) is 0 Å². The van der Waals surface area contributed by atoms with Crippen molar-refractivity contribution in [3.63, 3.8) is 0 Å². The number of rotatable bonds is 2. The third kappa shape index (κ3) is 2.79. The van der Waals surface area contributed by atoms with Crippen LogP contribution in [0, 0.1) is 5.92 Å². The maximum Gasteiger partial charge on any atom is 0.326 e. The van der Waals surface area contributed by atoms with Gasteiger partial charge in [-0.15, -0.1) is 0 Å². The summed E-state index contributed by atoms with van der Waals surface area (Å²) >= 11 is 0. The summed E-state index contributed by atoms with van der Waals surface area (Å²) in [5.74, 6) is -0.648. The molecule has 1 unspecified atom stereocenters. The molecule has 2 rings (SSSR count). The van der Waals surface area contributed by atoms with E-state index in [4.69, 9.17) is 0 Å². The molecular weight excluding hydrogens is 218 g/mol. The van der Waals surface area contributed by atoms with Gasteiger partial charge in [0.15, 0.2) is 0 Å². The van der Waals surface area contributed by atoms with E-state index in [9.17, 15) is 14.7 Å². The molecule has 2 aliphatic rings. The van der Waals surface area contributed by atoms with Crippen molar-refractivity contribution in [3.8, 4) is 0 Å². The van der Waals surface area contributed by atoms with E-state index in [0.717, 1.165) is 44.9 Å². The predicted molar refractivity (Wildman–Crippen MR) is 63.6 cm³/mol. The van der Waals surface area contributed by atoms with Gasteiger partial charge in [0.05, 0.1) is 0 Å². The van der Waals surface area contributed by atoms with E-state index in [1.807, 2.05) is 0 Å². The van der Waals surface area contributed by atoms with Crippen LogP contribution < -0.4 is 0 Å². The highest BCUT2D eigenvalue weighted by Crippen LogP contribution is 2.29. The summed E-state index contributed by atoms with van der Waals surface area (Å²) in [6, 6.07) is -0.578. The molecule has 0 radical (unpaired) electrons. The van der Waals surface area contributed by atoms with Crippen LogP contribution in [0.4, 0.5) is 0 Å². The van der Waals surface area contributed by atoms with E-state index < -0.39 is 12.0 Å². The maximum absolute atomic E-state index is 12.3. The molecule has 1 aliphatic heterocycles. The molecule has 0 spiro atoms. The van der Waals surface area contributed by atoms with Crippen LogP contribution in [-0.4, -0.2) is 34.5 Å². The Labute approximate surface area is 102 Å². The lowest BCUT2D eigenvalue weighted by atomic mass is 10.0. The second-order valence-corrected chi connectivity index (χ2v) is 5.22. The molecule has 0 aromatic heterocycles. The number of aliphatic carboxylic acids is 1. The van der Waals surface area contributed by atoms with Gasteiger partial charge in [-0.2, -0.15) is 0 Å². The lowest BCUT2D eigenvalue weighted by molar-refractivity contribution is -0.152. The van der Waals surface area contributed by atoms with Crippen molar-refractivity contribution in [2.45, 2.75) is 57.4 Å². The quantitative estimate of drug-likeness (QED) is 0.802. The maximum atomic E-state index is 12.3. The molecule has 0 aromatic rings. The first-order chi connectivity index (χ1) is 8.20. The zero-order valence-electron chi connectivity index (χ0n) is 10.2. The topological polar surface area (TPSA) is 57.6 Å². The predicted octanol–water partition coefficient (Wildman–Crippen LogP) is 2.03. The zero-order valence-corrected chi connectivity index (χ0v) is 10.2. The van der Waals surface area contributed by atoms with E-state index in [1.165, 1.54) is 0 Å². The van der Waals surface area contributed by atoms with Crippen LogP contribution in [0.2, 0.25) is 0 Å². The monoisotopic (exact) mass is 239 g/mol. The van der Waals surface area contributed by atoms with Gasteiger partial charge >= 0.3 is 5.97 Å². The van der Waals surface area contributed by atoms with Crippen LogP contribution in [0.25, 0.3) is 0 Å². The van der Waals surface area contributed by atoms with E-state index in [1.54, 1.807) is 4.90 Å².